The van der Waals surface area contributed by atoms with E-state index in [2.05, 4.69) is 46.9 Å². The van der Waals surface area contributed by atoms with Crippen molar-refractivity contribution < 1.29 is 0 Å². The van der Waals surface area contributed by atoms with E-state index in [1.807, 2.05) is 0 Å². The third kappa shape index (κ3) is 2.92. The van der Waals surface area contributed by atoms with Crippen LogP contribution in [0.4, 0.5) is 0 Å². The third-order valence-electron chi connectivity index (χ3n) is 4.86. The summed E-state index contributed by atoms with van der Waals surface area (Å²) in [6.07, 6.45) is 19.7. The first kappa shape index (κ1) is 13.0. The van der Waals surface area contributed by atoms with Gasteiger partial charge < -0.3 is 0 Å². The Kier molecular flexibility index (Phi) is 4.27. The summed E-state index contributed by atoms with van der Waals surface area (Å²) in [7, 11) is 0. The lowest BCUT2D eigenvalue weighted by atomic mass is 9.98. The van der Waals surface area contributed by atoms with E-state index >= 15 is 0 Å². The van der Waals surface area contributed by atoms with E-state index in [9.17, 15) is 0 Å². The van der Waals surface area contributed by atoms with E-state index < -0.39 is 0 Å². The van der Waals surface area contributed by atoms with Crippen LogP contribution in [0.1, 0.15) is 44.9 Å². The predicted octanol–water partition coefficient (Wildman–Crippen LogP) is 5.45. The minimum atomic E-state index is 0.851. The fourth-order valence-electron chi connectivity index (χ4n) is 3.78. The number of rotatable bonds is 3. The molecule has 0 aromatic carbocycles. The fourth-order valence-corrected chi connectivity index (χ4v) is 4.58. The van der Waals surface area contributed by atoms with Crippen LogP contribution in [0.15, 0.2) is 35.5 Å². The molecule has 2 atom stereocenters. The molecule has 2 fully saturated rings. The van der Waals surface area contributed by atoms with Crippen molar-refractivity contribution in [1.82, 2.24) is 0 Å². The Morgan fingerprint density at radius 2 is 1.94 bits per heavy atom. The van der Waals surface area contributed by atoms with Crippen molar-refractivity contribution in [2.45, 2.75) is 44.9 Å². The van der Waals surface area contributed by atoms with Gasteiger partial charge in [0.1, 0.15) is 0 Å². The second-order valence-electron chi connectivity index (χ2n) is 6.22. The van der Waals surface area contributed by atoms with Crippen LogP contribution in [0.3, 0.4) is 0 Å². The molecule has 0 amide bonds. The van der Waals surface area contributed by atoms with Gasteiger partial charge in [-0.2, -0.15) is 0 Å². The van der Waals surface area contributed by atoms with Gasteiger partial charge in [0, 0.05) is 4.43 Å². The van der Waals surface area contributed by atoms with Crippen LogP contribution < -0.4 is 0 Å². The van der Waals surface area contributed by atoms with Crippen LogP contribution in [0.25, 0.3) is 0 Å². The number of hydrogen-bond donors (Lipinski definition) is 0. The van der Waals surface area contributed by atoms with Gasteiger partial charge in [-0.15, -0.1) is 0 Å². The summed E-state index contributed by atoms with van der Waals surface area (Å²) in [6.45, 7) is 0. The van der Waals surface area contributed by atoms with Gasteiger partial charge in [0.25, 0.3) is 0 Å². The lowest BCUT2D eigenvalue weighted by Gasteiger charge is -2.07. The molecule has 3 aliphatic carbocycles. The lowest BCUT2D eigenvalue weighted by Crippen LogP contribution is -1.95. The molecule has 0 spiro atoms. The van der Waals surface area contributed by atoms with Crippen LogP contribution in [-0.2, 0) is 0 Å². The van der Waals surface area contributed by atoms with Gasteiger partial charge in [-0.25, -0.2) is 0 Å². The molecule has 0 aliphatic heterocycles. The third-order valence-corrected chi connectivity index (χ3v) is 6.10. The Morgan fingerprint density at radius 1 is 1.11 bits per heavy atom. The lowest BCUT2D eigenvalue weighted by molar-refractivity contribution is 0.601. The van der Waals surface area contributed by atoms with Crippen molar-refractivity contribution in [3.8, 4) is 0 Å². The maximum atomic E-state index is 2.55. The van der Waals surface area contributed by atoms with Crippen molar-refractivity contribution in [3.05, 3.63) is 35.5 Å². The van der Waals surface area contributed by atoms with E-state index in [1.54, 1.807) is 5.57 Å². The standard InChI is InChI=1S/C17H23I/c18-12-15-6-5-13(10-15)9-14-7-8-17(11-14)16-3-1-2-4-16/h7-9,11,13,15-16H,1-6,10,12H2/b14-9-. The zero-order valence-corrected chi connectivity index (χ0v) is 13.2. The zero-order chi connectivity index (χ0) is 12.4. The minimum absolute atomic E-state index is 0.851. The molecule has 3 rings (SSSR count). The monoisotopic (exact) mass is 354 g/mol. The molecule has 0 aromatic heterocycles. The average molecular weight is 354 g/mol. The topological polar surface area (TPSA) is 0 Å². The fraction of sp³-hybridized carbons (Fsp3) is 0.647. The smallest absolute Gasteiger partial charge is 0.00239 e. The Labute approximate surface area is 125 Å². The van der Waals surface area contributed by atoms with Crippen molar-refractivity contribution >= 4 is 22.6 Å². The molecule has 0 aromatic rings. The number of halogens is 1. The molecule has 0 bridgehead atoms. The normalized spacial score (nSPS) is 34.7. The maximum absolute atomic E-state index is 2.55. The Bertz CT molecular complexity index is 382. The largest absolute Gasteiger partial charge is 0.0861 e. The molecule has 1 heteroatoms. The molecular weight excluding hydrogens is 331 g/mol. The van der Waals surface area contributed by atoms with Crippen LogP contribution in [0.2, 0.25) is 0 Å². The van der Waals surface area contributed by atoms with Crippen molar-refractivity contribution in [3.63, 3.8) is 0 Å². The first-order valence-electron chi connectivity index (χ1n) is 7.52. The summed E-state index contributed by atoms with van der Waals surface area (Å²) in [5.41, 5.74) is 3.11. The summed E-state index contributed by atoms with van der Waals surface area (Å²) in [5.74, 6) is 2.71. The molecule has 0 heterocycles. The quantitative estimate of drug-likeness (QED) is 0.467. The SMILES string of the molecule is ICC1CCC(/C=C2/C=CC(C3CCCC3)=C2)C1. The second kappa shape index (κ2) is 5.94. The number of allylic oxidation sites excluding steroid dienone is 6. The summed E-state index contributed by atoms with van der Waals surface area (Å²) in [4.78, 5) is 0. The second-order valence-corrected chi connectivity index (χ2v) is 7.10. The highest BCUT2D eigenvalue weighted by atomic mass is 127. The molecule has 0 nitrogen and oxygen atoms in total. The molecule has 2 unspecified atom stereocenters. The van der Waals surface area contributed by atoms with Gasteiger partial charge in [0.15, 0.2) is 0 Å². The molecule has 0 radical (unpaired) electrons. The van der Waals surface area contributed by atoms with Gasteiger partial charge >= 0.3 is 0 Å². The molecule has 0 saturated heterocycles. The highest BCUT2D eigenvalue weighted by molar-refractivity contribution is 14.1. The van der Waals surface area contributed by atoms with E-state index in [4.69, 9.17) is 0 Å². The molecule has 18 heavy (non-hydrogen) atoms. The van der Waals surface area contributed by atoms with Crippen LogP contribution >= 0.6 is 22.6 Å². The zero-order valence-electron chi connectivity index (χ0n) is 11.1. The Morgan fingerprint density at radius 3 is 2.67 bits per heavy atom. The van der Waals surface area contributed by atoms with Crippen molar-refractivity contribution in [2.75, 3.05) is 4.43 Å². The van der Waals surface area contributed by atoms with E-state index in [-0.39, 0.29) is 0 Å². The van der Waals surface area contributed by atoms with Gasteiger partial charge in [-0.1, -0.05) is 59.7 Å². The van der Waals surface area contributed by atoms with Gasteiger partial charge in [-0.05, 0) is 61.0 Å². The van der Waals surface area contributed by atoms with Gasteiger partial charge in [-0.3, -0.25) is 0 Å². The average Bonchev–Trinajstić information content (AvgIpc) is 3.10. The summed E-state index contributed by atoms with van der Waals surface area (Å²) < 4.78 is 1.34. The van der Waals surface area contributed by atoms with Crippen molar-refractivity contribution in [2.24, 2.45) is 17.8 Å². The summed E-state index contributed by atoms with van der Waals surface area (Å²) in [5, 5.41) is 0. The van der Waals surface area contributed by atoms with Crippen LogP contribution in [0, 0.1) is 17.8 Å². The van der Waals surface area contributed by atoms with Crippen LogP contribution in [0.5, 0.6) is 0 Å². The highest BCUT2D eigenvalue weighted by Crippen LogP contribution is 2.37. The minimum Gasteiger partial charge on any atom is -0.0861 e. The Balaban J connectivity index is 1.62. The summed E-state index contributed by atoms with van der Waals surface area (Å²) in [6, 6.07) is 0. The maximum Gasteiger partial charge on any atom is 0.00239 e. The van der Waals surface area contributed by atoms with Crippen molar-refractivity contribution in [1.29, 1.82) is 0 Å². The Hall–Kier alpha value is -0.0500. The highest BCUT2D eigenvalue weighted by Gasteiger charge is 2.23. The molecule has 2 saturated carbocycles. The molecule has 98 valence electrons. The predicted molar refractivity (Wildman–Crippen MR) is 87.0 cm³/mol. The molecule has 3 aliphatic rings. The molecular formula is C17H23I. The van der Waals surface area contributed by atoms with E-state index in [1.165, 1.54) is 54.9 Å². The molecule has 0 N–H and O–H groups in total. The first-order valence-corrected chi connectivity index (χ1v) is 9.05. The number of alkyl halides is 1. The first-order chi connectivity index (χ1) is 8.85. The number of hydrogen-bond acceptors (Lipinski definition) is 0. The van der Waals surface area contributed by atoms with Gasteiger partial charge in [0.05, 0.1) is 0 Å². The van der Waals surface area contributed by atoms with Crippen LogP contribution in [-0.4, -0.2) is 4.43 Å². The van der Waals surface area contributed by atoms with E-state index in [0.29, 0.717) is 0 Å². The van der Waals surface area contributed by atoms with Gasteiger partial charge in [0.2, 0.25) is 0 Å². The van der Waals surface area contributed by atoms with E-state index in [0.717, 1.165) is 17.8 Å². The summed E-state index contributed by atoms with van der Waals surface area (Å²) >= 11 is 2.55.